The Hall–Kier alpha value is -2.83. The standard InChI is InChI=1S/C17H22N4O3/c1-17(2,3)15-9-12(19-20-15)16(22)21-18-10-11-6-7-13(23-4)14(8-11)24-5/h6-10H,1-5H3,(H,19,20)(H,21,22)/b18-10-. The Labute approximate surface area is 141 Å². The zero-order chi connectivity index (χ0) is 17.7. The van der Waals surface area contributed by atoms with Gasteiger partial charge < -0.3 is 9.47 Å². The highest BCUT2D eigenvalue weighted by Gasteiger charge is 2.19. The third-order valence-electron chi connectivity index (χ3n) is 3.41. The van der Waals surface area contributed by atoms with E-state index in [1.54, 1.807) is 32.4 Å². The molecule has 0 radical (unpaired) electrons. The van der Waals surface area contributed by atoms with Crippen LogP contribution >= 0.6 is 0 Å². The average Bonchev–Trinajstić information content (AvgIpc) is 3.05. The van der Waals surface area contributed by atoms with Crippen LogP contribution in [0.1, 0.15) is 42.5 Å². The molecular weight excluding hydrogens is 308 g/mol. The predicted molar refractivity (Wildman–Crippen MR) is 91.9 cm³/mol. The van der Waals surface area contributed by atoms with Crippen LogP contribution in [0.2, 0.25) is 0 Å². The topological polar surface area (TPSA) is 88.6 Å². The van der Waals surface area contributed by atoms with E-state index < -0.39 is 0 Å². The first-order chi connectivity index (χ1) is 11.3. The lowest BCUT2D eigenvalue weighted by atomic mass is 9.92. The van der Waals surface area contributed by atoms with Crippen LogP contribution in [0.15, 0.2) is 29.4 Å². The lowest BCUT2D eigenvalue weighted by Crippen LogP contribution is -2.18. The fourth-order valence-electron chi connectivity index (χ4n) is 1.98. The van der Waals surface area contributed by atoms with Crippen molar-refractivity contribution < 1.29 is 14.3 Å². The minimum absolute atomic E-state index is 0.103. The van der Waals surface area contributed by atoms with Crippen molar-refractivity contribution in [3.05, 3.63) is 41.2 Å². The Kier molecular flexibility index (Phi) is 5.23. The molecule has 0 atom stereocenters. The van der Waals surface area contributed by atoms with Gasteiger partial charge in [0.25, 0.3) is 5.91 Å². The molecule has 2 aromatic rings. The van der Waals surface area contributed by atoms with Gasteiger partial charge in [-0.05, 0) is 29.8 Å². The number of methoxy groups -OCH3 is 2. The molecular formula is C17H22N4O3. The summed E-state index contributed by atoms with van der Waals surface area (Å²) in [6.07, 6.45) is 1.52. The van der Waals surface area contributed by atoms with Gasteiger partial charge in [0, 0.05) is 11.1 Å². The lowest BCUT2D eigenvalue weighted by Gasteiger charge is -2.14. The molecule has 1 aromatic heterocycles. The summed E-state index contributed by atoms with van der Waals surface area (Å²) in [7, 11) is 3.13. The van der Waals surface area contributed by atoms with Gasteiger partial charge in [-0.1, -0.05) is 20.8 Å². The maximum absolute atomic E-state index is 12.0. The molecule has 1 aromatic carbocycles. The number of benzene rings is 1. The molecule has 2 rings (SSSR count). The summed E-state index contributed by atoms with van der Waals surface area (Å²) in [5, 5.41) is 10.8. The molecule has 7 nitrogen and oxygen atoms in total. The van der Waals surface area contributed by atoms with E-state index in [9.17, 15) is 4.79 Å². The summed E-state index contributed by atoms with van der Waals surface area (Å²) >= 11 is 0. The molecule has 0 aliphatic heterocycles. The Morgan fingerprint density at radius 3 is 2.50 bits per heavy atom. The maximum Gasteiger partial charge on any atom is 0.291 e. The van der Waals surface area contributed by atoms with Crippen molar-refractivity contribution in [2.75, 3.05) is 14.2 Å². The molecule has 0 bridgehead atoms. The van der Waals surface area contributed by atoms with Crippen molar-refractivity contribution in [2.24, 2.45) is 5.10 Å². The van der Waals surface area contributed by atoms with E-state index in [1.165, 1.54) is 6.21 Å². The lowest BCUT2D eigenvalue weighted by molar-refractivity contribution is 0.0950. The highest BCUT2D eigenvalue weighted by molar-refractivity contribution is 5.93. The molecule has 0 saturated heterocycles. The molecule has 128 valence electrons. The van der Waals surface area contributed by atoms with Crippen LogP contribution in [0.5, 0.6) is 11.5 Å². The normalized spacial score (nSPS) is 11.5. The van der Waals surface area contributed by atoms with E-state index in [1.807, 2.05) is 26.8 Å². The molecule has 0 aliphatic carbocycles. The molecule has 0 unspecified atom stereocenters. The number of hydrazone groups is 1. The molecule has 0 fully saturated rings. The predicted octanol–water partition coefficient (Wildman–Crippen LogP) is 2.49. The number of carbonyl (C=O) groups excluding carboxylic acids is 1. The zero-order valence-corrected chi connectivity index (χ0v) is 14.5. The fraction of sp³-hybridized carbons (Fsp3) is 0.353. The van der Waals surface area contributed by atoms with Crippen LogP contribution in [0.3, 0.4) is 0 Å². The maximum atomic E-state index is 12.0. The zero-order valence-electron chi connectivity index (χ0n) is 14.5. The summed E-state index contributed by atoms with van der Waals surface area (Å²) in [5.74, 6) is 0.846. The van der Waals surface area contributed by atoms with Crippen LogP contribution in [0.25, 0.3) is 0 Å². The van der Waals surface area contributed by atoms with Crippen molar-refractivity contribution >= 4 is 12.1 Å². The first kappa shape index (κ1) is 17.5. The van der Waals surface area contributed by atoms with Crippen LogP contribution in [0.4, 0.5) is 0 Å². The Balaban J connectivity index is 2.03. The monoisotopic (exact) mass is 330 g/mol. The van der Waals surface area contributed by atoms with Crippen molar-refractivity contribution in [1.29, 1.82) is 0 Å². The van der Waals surface area contributed by atoms with Crippen LogP contribution in [-0.2, 0) is 5.41 Å². The number of aromatic nitrogens is 2. The third-order valence-corrected chi connectivity index (χ3v) is 3.41. The molecule has 0 spiro atoms. The Morgan fingerprint density at radius 2 is 1.92 bits per heavy atom. The van der Waals surface area contributed by atoms with Gasteiger partial charge in [-0.3, -0.25) is 9.89 Å². The highest BCUT2D eigenvalue weighted by atomic mass is 16.5. The SMILES string of the molecule is COc1ccc(/C=N\NC(=O)c2cc(C(C)(C)C)[nH]n2)cc1OC. The number of H-pyrrole nitrogens is 1. The van der Waals surface area contributed by atoms with Gasteiger partial charge in [-0.2, -0.15) is 10.2 Å². The summed E-state index contributed by atoms with van der Waals surface area (Å²) in [5.41, 5.74) is 4.30. The molecule has 1 heterocycles. The number of carbonyl (C=O) groups is 1. The van der Waals surface area contributed by atoms with E-state index in [4.69, 9.17) is 9.47 Å². The number of aromatic amines is 1. The summed E-state index contributed by atoms with van der Waals surface area (Å²) in [6.45, 7) is 6.12. The molecule has 0 saturated carbocycles. The first-order valence-corrected chi connectivity index (χ1v) is 7.46. The number of nitrogens with zero attached hydrogens (tertiary/aromatic N) is 2. The summed E-state index contributed by atoms with van der Waals surface area (Å²) < 4.78 is 10.4. The average molecular weight is 330 g/mol. The quantitative estimate of drug-likeness (QED) is 0.651. The van der Waals surface area contributed by atoms with Gasteiger partial charge in [0.1, 0.15) is 0 Å². The van der Waals surface area contributed by atoms with E-state index in [2.05, 4.69) is 20.7 Å². The van der Waals surface area contributed by atoms with Crippen molar-refractivity contribution in [3.8, 4) is 11.5 Å². The van der Waals surface area contributed by atoms with Gasteiger partial charge in [0.15, 0.2) is 17.2 Å². The molecule has 1 amide bonds. The number of amides is 1. The van der Waals surface area contributed by atoms with Crippen molar-refractivity contribution in [3.63, 3.8) is 0 Å². The van der Waals surface area contributed by atoms with Crippen LogP contribution in [-0.4, -0.2) is 36.5 Å². The van der Waals surface area contributed by atoms with Gasteiger partial charge >= 0.3 is 0 Å². The summed E-state index contributed by atoms with van der Waals surface area (Å²) in [6, 6.07) is 7.07. The Bertz CT molecular complexity index is 745. The van der Waals surface area contributed by atoms with Gasteiger partial charge in [-0.15, -0.1) is 0 Å². The second-order valence-corrected chi connectivity index (χ2v) is 6.23. The Morgan fingerprint density at radius 1 is 1.21 bits per heavy atom. The number of hydrogen-bond acceptors (Lipinski definition) is 5. The van der Waals surface area contributed by atoms with Gasteiger partial charge in [-0.25, -0.2) is 5.43 Å². The van der Waals surface area contributed by atoms with Crippen LogP contribution < -0.4 is 14.9 Å². The highest BCUT2D eigenvalue weighted by Crippen LogP contribution is 2.26. The van der Waals surface area contributed by atoms with E-state index in [0.717, 1.165) is 11.3 Å². The minimum atomic E-state index is -0.376. The third kappa shape index (κ3) is 4.13. The van der Waals surface area contributed by atoms with E-state index >= 15 is 0 Å². The van der Waals surface area contributed by atoms with E-state index in [-0.39, 0.29) is 11.3 Å². The second-order valence-electron chi connectivity index (χ2n) is 6.23. The van der Waals surface area contributed by atoms with Gasteiger partial charge in [0.2, 0.25) is 0 Å². The molecule has 0 aliphatic rings. The molecule has 7 heteroatoms. The number of ether oxygens (including phenoxy) is 2. The largest absolute Gasteiger partial charge is 0.493 e. The number of nitrogens with one attached hydrogen (secondary N) is 2. The number of rotatable bonds is 5. The molecule has 24 heavy (non-hydrogen) atoms. The van der Waals surface area contributed by atoms with E-state index in [0.29, 0.717) is 17.2 Å². The molecule has 2 N–H and O–H groups in total. The van der Waals surface area contributed by atoms with Crippen molar-refractivity contribution in [2.45, 2.75) is 26.2 Å². The smallest absolute Gasteiger partial charge is 0.291 e. The second kappa shape index (κ2) is 7.16. The van der Waals surface area contributed by atoms with Gasteiger partial charge in [0.05, 0.1) is 20.4 Å². The first-order valence-electron chi connectivity index (χ1n) is 7.46. The fourth-order valence-corrected chi connectivity index (χ4v) is 1.98. The van der Waals surface area contributed by atoms with Crippen molar-refractivity contribution in [1.82, 2.24) is 15.6 Å². The number of hydrogen-bond donors (Lipinski definition) is 2. The van der Waals surface area contributed by atoms with Crippen LogP contribution in [0, 0.1) is 0 Å². The summed E-state index contributed by atoms with van der Waals surface area (Å²) in [4.78, 5) is 12.0. The minimum Gasteiger partial charge on any atom is -0.493 e.